The van der Waals surface area contributed by atoms with Crippen LogP contribution >= 0.6 is 0 Å². The van der Waals surface area contributed by atoms with Crippen molar-refractivity contribution in [2.45, 2.75) is 26.3 Å². The molecular formula is C12H15N5O2. The van der Waals surface area contributed by atoms with Gasteiger partial charge in [0.1, 0.15) is 10.9 Å². The van der Waals surface area contributed by atoms with Crippen LogP contribution < -0.4 is 5.62 Å². The van der Waals surface area contributed by atoms with Crippen molar-refractivity contribution in [3.05, 3.63) is 57.5 Å². The molecule has 1 N–H and O–H groups in total. The Balaban J connectivity index is 2.35. The predicted molar refractivity (Wildman–Crippen MR) is 68.7 cm³/mol. The molecule has 100 valence electrons. The van der Waals surface area contributed by atoms with Crippen LogP contribution in [0.2, 0.25) is 0 Å². The van der Waals surface area contributed by atoms with E-state index in [0.717, 1.165) is 18.4 Å². The summed E-state index contributed by atoms with van der Waals surface area (Å²) < 4.78 is 1.59. The lowest BCUT2D eigenvalue weighted by molar-refractivity contribution is -0.491. The van der Waals surface area contributed by atoms with E-state index < -0.39 is 5.03 Å². The maximum absolute atomic E-state index is 10.5. The summed E-state index contributed by atoms with van der Waals surface area (Å²) in [6, 6.07) is 9.66. The number of hydrogen-bond acceptors (Lipinski definition) is 3. The van der Waals surface area contributed by atoms with Crippen molar-refractivity contribution < 1.29 is 5.03 Å². The van der Waals surface area contributed by atoms with Gasteiger partial charge in [-0.05, 0) is 12.0 Å². The number of aromatic nitrogens is 3. The number of nitrogens with zero attached hydrogens (tertiary/aromatic N) is 4. The van der Waals surface area contributed by atoms with E-state index in [4.69, 9.17) is 0 Å². The summed E-state index contributed by atoms with van der Waals surface area (Å²) in [6.45, 7) is 2.50. The molecule has 7 nitrogen and oxygen atoms in total. The number of nitro groups is 1. The number of H-pyrrole nitrogens is 1. The van der Waals surface area contributed by atoms with Gasteiger partial charge in [-0.1, -0.05) is 37.3 Å². The molecule has 0 spiro atoms. The second kappa shape index (κ2) is 5.94. The number of nitrogens with one attached hydrogen (secondary N) is 1. The average Bonchev–Trinajstić information content (AvgIpc) is 2.72. The van der Waals surface area contributed by atoms with Crippen molar-refractivity contribution >= 4 is 0 Å². The molecule has 0 unspecified atom stereocenters. The predicted octanol–water partition coefficient (Wildman–Crippen LogP) is 1.30. The lowest BCUT2D eigenvalue weighted by Gasteiger charge is -2.01. The maximum atomic E-state index is 10.5. The van der Waals surface area contributed by atoms with E-state index in [-0.39, 0.29) is 5.62 Å². The van der Waals surface area contributed by atoms with Crippen molar-refractivity contribution in [2.24, 2.45) is 5.10 Å². The van der Waals surface area contributed by atoms with Crippen molar-refractivity contribution in [1.82, 2.24) is 14.8 Å². The molecule has 0 radical (unpaired) electrons. The first-order chi connectivity index (χ1) is 9.19. The average molecular weight is 261 g/mol. The Morgan fingerprint density at radius 2 is 2.16 bits per heavy atom. The third-order valence-electron chi connectivity index (χ3n) is 2.58. The summed E-state index contributed by atoms with van der Waals surface area (Å²) >= 11 is 0. The molecule has 0 atom stereocenters. The third kappa shape index (κ3) is 3.51. The third-order valence-corrected chi connectivity index (χ3v) is 2.58. The van der Waals surface area contributed by atoms with Gasteiger partial charge >= 0.3 is 5.62 Å². The van der Waals surface area contributed by atoms with Gasteiger partial charge in [0.2, 0.25) is 0 Å². The fraction of sp³-hybridized carbons (Fsp3) is 0.333. The molecule has 0 fully saturated rings. The highest BCUT2D eigenvalue weighted by atomic mass is 16.7. The molecule has 2 aromatic rings. The normalized spacial score (nSPS) is 11.7. The molecule has 1 aromatic heterocycles. The monoisotopic (exact) mass is 261 g/mol. The fourth-order valence-corrected chi connectivity index (χ4v) is 1.79. The van der Waals surface area contributed by atoms with Gasteiger partial charge in [0.25, 0.3) is 0 Å². The Hall–Kier alpha value is -2.44. The summed E-state index contributed by atoms with van der Waals surface area (Å²) in [7, 11) is 0. The Morgan fingerprint density at radius 3 is 2.79 bits per heavy atom. The van der Waals surface area contributed by atoms with Crippen LogP contribution in [0.3, 0.4) is 0 Å². The van der Waals surface area contributed by atoms with Gasteiger partial charge in [-0.25, -0.2) is 14.8 Å². The van der Waals surface area contributed by atoms with Crippen molar-refractivity contribution in [3.63, 3.8) is 0 Å². The topological polar surface area (TPSA) is 89.1 Å². The molecule has 19 heavy (non-hydrogen) atoms. The van der Waals surface area contributed by atoms with Gasteiger partial charge < -0.3 is 0 Å². The van der Waals surface area contributed by atoms with Gasteiger partial charge in [0.15, 0.2) is 5.03 Å². The van der Waals surface area contributed by atoms with E-state index in [1.807, 2.05) is 37.3 Å². The quantitative estimate of drug-likeness (QED) is 0.650. The number of hydrogen-bond donors (Lipinski definition) is 1. The van der Waals surface area contributed by atoms with Crippen LogP contribution in [0.4, 0.5) is 0 Å². The number of aryl methyl sites for hydroxylation is 1. The minimum atomic E-state index is -0.729. The fourth-order valence-electron chi connectivity index (χ4n) is 1.79. The molecule has 0 bridgehead atoms. The molecule has 2 rings (SSSR count). The van der Waals surface area contributed by atoms with Gasteiger partial charge in [-0.3, -0.25) is 5.10 Å². The van der Waals surface area contributed by atoms with Gasteiger partial charge in [0.05, 0.1) is 6.54 Å². The molecule has 0 saturated carbocycles. The number of aromatic amines is 1. The van der Waals surface area contributed by atoms with E-state index >= 15 is 0 Å². The first-order valence-corrected chi connectivity index (χ1v) is 6.07. The maximum Gasteiger partial charge on any atom is 0.318 e. The van der Waals surface area contributed by atoms with Crippen LogP contribution in [-0.4, -0.2) is 19.8 Å². The summed E-state index contributed by atoms with van der Waals surface area (Å²) in [4.78, 5) is 14.6. The number of rotatable bonds is 5. The Kier molecular flexibility index (Phi) is 4.07. The van der Waals surface area contributed by atoms with E-state index in [9.17, 15) is 10.1 Å². The SMILES string of the molecule is CCCc1n/c(=N\[N+](=O)[O-])n(Cc2ccccc2)[nH]1. The zero-order valence-electron chi connectivity index (χ0n) is 10.6. The first kappa shape index (κ1) is 13.0. The molecule has 0 amide bonds. The molecule has 7 heteroatoms. The molecule has 0 aliphatic carbocycles. The zero-order chi connectivity index (χ0) is 13.7. The summed E-state index contributed by atoms with van der Waals surface area (Å²) in [5, 5.41) is 16.1. The highest BCUT2D eigenvalue weighted by molar-refractivity contribution is 5.14. The Bertz CT molecular complexity index is 615. The Morgan fingerprint density at radius 1 is 1.42 bits per heavy atom. The molecular weight excluding hydrogens is 246 g/mol. The van der Waals surface area contributed by atoms with Crippen molar-refractivity contribution in [2.75, 3.05) is 0 Å². The minimum Gasteiger partial charge on any atom is -0.282 e. The van der Waals surface area contributed by atoms with E-state index in [2.05, 4.69) is 15.2 Å². The molecule has 1 aromatic carbocycles. The number of benzene rings is 1. The van der Waals surface area contributed by atoms with Gasteiger partial charge in [-0.15, -0.1) is 0 Å². The second-order valence-corrected chi connectivity index (χ2v) is 4.13. The van der Waals surface area contributed by atoms with Crippen LogP contribution in [0, 0.1) is 10.1 Å². The van der Waals surface area contributed by atoms with Crippen LogP contribution in [-0.2, 0) is 13.0 Å². The molecule has 0 saturated heterocycles. The second-order valence-electron chi connectivity index (χ2n) is 4.13. The van der Waals surface area contributed by atoms with Crippen molar-refractivity contribution in [1.29, 1.82) is 0 Å². The first-order valence-electron chi connectivity index (χ1n) is 6.07. The minimum absolute atomic E-state index is 0.0947. The molecule has 1 heterocycles. The summed E-state index contributed by atoms with van der Waals surface area (Å²) in [5.41, 5.74) is 1.12. The van der Waals surface area contributed by atoms with Crippen LogP contribution in [0.1, 0.15) is 24.7 Å². The van der Waals surface area contributed by atoms with Crippen molar-refractivity contribution in [3.8, 4) is 0 Å². The van der Waals surface area contributed by atoms with E-state index in [1.165, 1.54) is 0 Å². The highest BCUT2D eigenvalue weighted by Crippen LogP contribution is 2.00. The van der Waals surface area contributed by atoms with Gasteiger partial charge in [0, 0.05) is 6.42 Å². The highest BCUT2D eigenvalue weighted by Gasteiger charge is 2.06. The van der Waals surface area contributed by atoms with Crippen LogP contribution in [0.25, 0.3) is 0 Å². The standard InChI is InChI=1S/C12H15N5O2/c1-2-6-11-13-12(15-17(18)19)16(14-11)9-10-7-4-3-5-8-10/h3-5,7-8H,2,6,9H2,1H3,(H,13,14,15). The van der Waals surface area contributed by atoms with Gasteiger partial charge in [-0.2, -0.15) is 4.98 Å². The van der Waals surface area contributed by atoms with Crippen LogP contribution in [0.15, 0.2) is 35.4 Å². The molecule has 0 aliphatic rings. The zero-order valence-corrected chi connectivity index (χ0v) is 10.6. The Labute approximate surface area is 109 Å². The van der Waals surface area contributed by atoms with E-state index in [1.54, 1.807) is 4.68 Å². The lowest BCUT2D eigenvalue weighted by atomic mass is 10.2. The largest absolute Gasteiger partial charge is 0.318 e. The van der Waals surface area contributed by atoms with Crippen LogP contribution in [0.5, 0.6) is 0 Å². The summed E-state index contributed by atoms with van der Waals surface area (Å²) in [5.74, 6) is 0.707. The lowest BCUT2D eigenvalue weighted by Crippen LogP contribution is -2.22. The summed E-state index contributed by atoms with van der Waals surface area (Å²) in [6.07, 6.45) is 1.65. The molecule has 0 aliphatic heterocycles. The van der Waals surface area contributed by atoms with E-state index in [0.29, 0.717) is 12.4 Å². The smallest absolute Gasteiger partial charge is 0.282 e.